The van der Waals surface area contributed by atoms with Crippen LogP contribution in [0.25, 0.3) is 0 Å². The largest absolute Gasteiger partial charge is 0.497 e. The SMILES string of the molecule is COc1ccc(CNC(=S)N2CCN(c3cnccn3)CC2)cc1. The monoisotopic (exact) mass is 343 g/mol. The van der Waals surface area contributed by atoms with Crippen molar-refractivity contribution in [2.75, 3.05) is 38.2 Å². The van der Waals surface area contributed by atoms with Crippen LogP contribution < -0.4 is 15.0 Å². The van der Waals surface area contributed by atoms with Gasteiger partial charge in [0.25, 0.3) is 0 Å². The Bertz CT molecular complexity index is 656. The first-order valence-corrected chi connectivity index (χ1v) is 8.34. The van der Waals surface area contributed by atoms with Crippen LogP contribution in [0, 0.1) is 0 Å². The van der Waals surface area contributed by atoms with Crippen molar-refractivity contribution >= 4 is 23.1 Å². The third-order valence-electron chi connectivity index (χ3n) is 4.04. The summed E-state index contributed by atoms with van der Waals surface area (Å²) in [6.07, 6.45) is 5.22. The average molecular weight is 343 g/mol. The van der Waals surface area contributed by atoms with Gasteiger partial charge in [0.05, 0.1) is 13.3 Å². The third-order valence-corrected chi connectivity index (χ3v) is 4.45. The van der Waals surface area contributed by atoms with E-state index in [1.54, 1.807) is 25.7 Å². The molecule has 6 nitrogen and oxygen atoms in total. The Morgan fingerprint density at radius 1 is 1.17 bits per heavy atom. The predicted octanol–water partition coefficient (Wildman–Crippen LogP) is 1.68. The maximum absolute atomic E-state index is 5.52. The number of rotatable bonds is 4. The van der Waals surface area contributed by atoms with Gasteiger partial charge in [-0.3, -0.25) is 4.98 Å². The fraction of sp³-hybridized carbons (Fsp3) is 0.353. The molecule has 1 aliphatic heterocycles. The van der Waals surface area contributed by atoms with Crippen LogP contribution in [-0.2, 0) is 6.54 Å². The summed E-state index contributed by atoms with van der Waals surface area (Å²) in [4.78, 5) is 12.9. The number of nitrogens with zero attached hydrogens (tertiary/aromatic N) is 4. The van der Waals surface area contributed by atoms with Crippen molar-refractivity contribution in [3.8, 4) is 5.75 Å². The lowest BCUT2D eigenvalue weighted by molar-refractivity contribution is 0.378. The minimum absolute atomic E-state index is 0.715. The molecule has 0 atom stereocenters. The van der Waals surface area contributed by atoms with Crippen molar-refractivity contribution in [2.24, 2.45) is 0 Å². The average Bonchev–Trinajstić information content (AvgIpc) is 2.67. The first-order chi connectivity index (χ1) is 11.8. The van der Waals surface area contributed by atoms with Crippen molar-refractivity contribution in [1.29, 1.82) is 0 Å². The fourth-order valence-electron chi connectivity index (χ4n) is 2.63. The Kier molecular flexibility index (Phi) is 5.43. The van der Waals surface area contributed by atoms with Gasteiger partial charge >= 0.3 is 0 Å². The number of hydrogen-bond acceptors (Lipinski definition) is 5. The maximum atomic E-state index is 5.52. The van der Waals surface area contributed by atoms with Crippen molar-refractivity contribution < 1.29 is 4.74 Å². The Hall–Kier alpha value is -2.41. The highest BCUT2D eigenvalue weighted by Gasteiger charge is 2.19. The van der Waals surface area contributed by atoms with Gasteiger partial charge < -0.3 is 19.9 Å². The van der Waals surface area contributed by atoms with Crippen LogP contribution in [0.3, 0.4) is 0 Å². The van der Waals surface area contributed by atoms with E-state index < -0.39 is 0 Å². The Morgan fingerprint density at radius 3 is 2.54 bits per heavy atom. The highest BCUT2D eigenvalue weighted by atomic mass is 32.1. The van der Waals surface area contributed by atoms with E-state index in [0.717, 1.165) is 42.9 Å². The Balaban J connectivity index is 1.46. The van der Waals surface area contributed by atoms with Gasteiger partial charge in [-0.15, -0.1) is 0 Å². The fourth-order valence-corrected chi connectivity index (χ4v) is 2.88. The van der Waals surface area contributed by atoms with Gasteiger partial charge in [0.1, 0.15) is 11.6 Å². The zero-order valence-electron chi connectivity index (χ0n) is 13.7. The molecule has 2 aromatic rings. The molecule has 1 aliphatic rings. The third kappa shape index (κ3) is 4.11. The molecular weight excluding hydrogens is 322 g/mol. The van der Waals surface area contributed by atoms with Crippen LogP contribution in [0.1, 0.15) is 5.56 Å². The molecule has 0 amide bonds. The van der Waals surface area contributed by atoms with E-state index in [1.165, 1.54) is 5.56 Å². The molecular formula is C17H21N5OS. The van der Waals surface area contributed by atoms with E-state index in [2.05, 4.69) is 25.1 Å². The van der Waals surface area contributed by atoms with Crippen LogP contribution in [0.5, 0.6) is 5.75 Å². The van der Waals surface area contributed by atoms with Crippen molar-refractivity contribution in [1.82, 2.24) is 20.2 Å². The minimum Gasteiger partial charge on any atom is -0.497 e. The summed E-state index contributed by atoms with van der Waals surface area (Å²) in [6, 6.07) is 8.00. The van der Waals surface area contributed by atoms with Gasteiger partial charge in [0.15, 0.2) is 5.11 Å². The van der Waals surface area contributed by atoms with Gasteiger partial charge in [-0.25, -0.2) is 4.98 Å². The quantitative estimate of drug-likeness (QED) is 0.848. The van der Waals surface area contributed by atoms with Crippen LogP contribution in [0.4, 0.5) is 5.82 Å². The van der Waals surface area contributed by atoms with Crippen molar-refractivity contribution in [3.63, 3.8) is 0 Å². The van der Waals surface area contributed by atoms with Gasteiger partial charge in [0, 0.05) is 45.1 Å². The van der Waals surface area contributed by atoms with E-state index in [9.17, 15) is 0 Å². The molecule has 1 aromatic carbocycles. The standard InChI is InChI=1S/C17H21N5OS/c1-23-15-4-2-14(3-5-15)12-20-17(24)22-10-8-21(9-11-22)16-13-18-6-7-19-16/h2-7,13H,8-12H2,1H3,(H,20,24). The smallest absolute Gasteiger partial charge is 0.169 e. The lowest BCUT2D eigenvalue weighted by atomic mass is 10.2. The second-order valence-corrected chi connectivity index (χ2v) is 5.93. The van der Waals surface area contributed by atoms with Crippen molar-refractivity contribution in [3.05, 3.63) is 48.4 Å². The molecule has 0 spiro atoms. The summed E-state index contributed by atoms with van der Waals surface area (Å²) in [6.45, 7) is 4.26. The van der Waals surface area contributed by atoms with Gasteiger partial charge in [-0.2, -0.15) is 0 Å². The molecule has 126 valence electrons. The molecule has 1 fully saturated rings. The molecule has 0 unspecified atom stereocenters. The lowest BCUT2D eigenvalue weighted by Crippen LogP contribution is -2.51. The minimum atomic E-state index is 0.715. The van der Waals surface area contributed by atoms with Crippen LogP contribution in [0.15, 0.2) is 42.9 Å². The number of nitrogens with one attached hydrogen (secondary N) is 1. The van der Waals surface area contributed by atoms with Gasteiger partial charge in [0.2, 0.25) is 0 Å². The second-order valence-electron chi connectivity index (χ2n) is 5.54. The molecule has 0 bridgehead atoms. The molecule has 0 radical (unpaired) electrons. The van der Waals surface area contributed by atoms with Crippen LogP contribution >= 0.6 is 12.2 Å². The Morgan fingerprint density at radius 2 is 1.92 bits per heavy atom. The number of hydrogen-bond donors (Lipinski definition) is 1. The van der Waals surface area contributed by atoms with Crippen molar-refractivity contribution in [2.45, 2.75) is 6.54 Å². The number of piperazine rings is 1. The normalized spacial score (nSPS) is 14.4. The van der Waals surface area contributed by atoms with E-state index in [4.69, 9.17) is 17.0 Å². The number of aromatic nitrogens is 2. The molecule has 0 saturated carbocycles. The molecule has 1 N–H and O–H groups in total. The number of ether oxygens (including phenoxy) is 1. The molecule has 24 heavy (non-hydrogen) atoms. The topological polar surface area (TPSA) is 53.5 Å². The summed E-state index contributed by atoms with van der Waals surface area (Å²) in [5.74, 6) is 1.79. The zero-order valence-corrected chi connectivity index (χ0v) is 14.5. The van der Waals surface area contributed by atoms with Gasteiger partial charge in [-0.1, -0.05) is 12.1 Å². The van der Waals surface area contributed by atoms with E-state index in [0.29, 0.717) is 6.54 Å². The first-order valence-electron chi connectivity index (χ1n) is 7.93. The second kappa shape index (κ2) is 7.92. The number of anilines is 1. The van der Waals surface area contributed by atoms with Crippen LogP contribution in [-0.4, -0.2) is 53.3 Å². The van der Waals surface area contributed by atoms with Gasteiger partial charge in [-0.05, 0) is 29.9 Å². The molecule has 2 heterocycles. The summed E-state index contributed by atoms with van der Waals surface area (Å²) in [7, 11) is 1.67. The van der Waals surface area contributed by atoms with E-state index >= 15 is 0 Å². The highest BCUT2D eigenvalue weighted by Crippen LogP contribution is 2.13. The number of methoxy groups -OCH3 is 1. The maximum Gasteiger partial charge on any atom is 0.169 e. The molecule has 3 rings (SSSR count). The lowest BCUT2D eigenvalue weighted by Gasteiger charge is -2.36. The summed E-state index contributed by atoms with van der Waals surface area (Å²) < 4.78 is 5.17. The summed E-state index contributed by atoms with van der Waals surface area (Å²) >= 11 is 5.52. The van der Waals surface area contributed by atoms with Crippen LogP contribution in [0.2, 0.25) is 0 Å². The predicted molar refractivity (Wildman–Crippen MR) is 98.2 cm³/mol. The highest BCUT2D eigenvalue weighted by molar-refractivity contribution is 7.80. The molecule has 1 aromatic heterocycles. The number of thiocarbonyl (C=S) groups is 1. The summed E-state index contributed by atoms with van der Waals surface area (Å²) in [5.41, 5.74) is 1.18. The summed E-state index contributed by atoms with van der Waals surface area (Å²) in [5, 5.41) is 4.13. The molecule has 1 saturated heterocycles. The van der Waals surface area contributed by atoms with E-state index in [1.807, 2.05) is 24.3 Å². The first kappa shape index (κ1) is 16.4. The van der Waals surface area contributed by atoms with E-state index in [-0.39, 0.29) is 0 Å². The zero-order chi connectivity index (χ0) is 16.8. The molecule has 7 heteroatoms. The Labute approximate surface area is 147 Å². The molecule has 0 aliphatic carbocycles. The number of benzene rings is 1.